The number of carbonyl (C=O) groups is 2. The van der Waals surface area contributed by atoms with E-state index >= 15 is 0 Å². The van der Waals surface area contributed by atoms with Crippen LogP contribution in [0.15, 0.2) is 60.9 Å². The van der Waals surface area contributed by atoms with Crippen molar-refractivity contribution in [2.45, 2.75) is 46.2 Å². The van der Waals surface area contributed by atoms with Gasteiger partial charge in [0.25, 0.3) is 5.91 Å². The fourth-order valence-electron chi connectivity index (χ4n) is 6.66. The number of nitrogens with one attached hydrogen (secondary N) is 1. The van der Waals surface area contributed by atoms with Crippen LogP contribution in [0.3, 0.4) is 0 Å². The molecule has 1 fully saturated rings. The SMILES string of the molecule is CC(=O)N1CCN(c2cccc(-c3c(N4Cc5ccccc5C4)nc4c(C(C)(C)C)c(C(N)=O)nn4c3-c3cn[nH]c3)c2)CC1. The molecule has 230 valence electrons. The van der Waals surface area contributed by atoms with Crippen LogP contribution in [0.1, 0.15) is 54.9 Å². The molecule has 3 N–H and O–H groups in total. The molecule has 7 rings (SSSR count). The van der Waals surface area contributed by atoms with Gasteiger partial charge in [0.1, 0.15) is 5.82 Å². The van der Waals surface area contributed by atoms with E-state index < -0.39 is 11.3 Å². The van der Waals surface area contributed by atoms with Gasteiger partial charge in [-0.05, 0) is 34.2 Å². The van der Waals surface area contributed by atoms with Crippen LogP contribution in [-0.2, 0) is 23.3 Å². The molecule has 2 aliphatic rings. The van der Waals surface area contributed by atoms with E-state index in [1.807, 2.05) is 31.9 Å². The second-order valence-corrected chi connectivity index (χ2v) is 12.9. The summed E-state index contributed by atoms with van der Waals surface area (Å²) in [5.74, 6) is 0.315. The highest BCUT2D eigenvalue weighted by atomic mass is 16.2. The molecule has 0 atom stereocenters. The van der Waals surface area contributed by atoms with Gasteiger partial charge in [-0.15, -0.1) is 0 Å². The highest BCUT2D eigenvalue weighted by molar-refractivity contribution is 5.97. The van der Waals surface area contributed by atoms with Gasteiger partial charge in [-0.2, -0.15) is 10.2 Å². The smallest absolute Gasteiger partial charge is 0.269 e. The first-order chi connectivity index (χ1) is 21.6. The number of carbonyl (C=O) groups excluding carboxylic acids is 2. The zero-order valence-corrected chi connectivity index (χ0v) is 26.0. The molecule has 5 aromatic rings. The lowest BCUT2D eigenvalue weighted by atomic mass is 9.86. The van der Waals surface area contributed by atoms with E-state index in [1.54, 1.807) is 17.6 Å². The van der Waals surface area contributed by atoms with Gasteiger partial charge >= 0.3 is 0 Å². The topological polar surface area (TPSA) is 129 Å². The van der Waals surface area contributed by atoms with Crippen LogP contribution in [0.5, 0.6) is 0 Å². The van der Waals surface area contributed by atoms with Crippen molar-refractivity contribution in [1.82, 2.24) is 29.7 Å². The number of nitrogens with two attached hydrogens (primary N) is 1. The number of amides is 2. The Morgan fingerprint density at radius 2 is 1.62 bits per heavy atom. The molecule has 0 spiro atoms. The molecular weight excluding hydrogens is 566 g/mol. The Bertz CT molecular complexity index is 1900. The molecule has 45 heavy (non-hydrogen) atoms. The molecule has 0 saturated carbocycles. The summed E-state index contributed by atoms with van der Waals surface area (Å²) < 4.78 is 1.77. The van der Waals surface area contributed by atoms with Crippen LogP contribution in [0.4, 0.5) is 11.5 Å². The van der Waals surface area contributed by atoms with Gasteiger partial charge in [-0.25, -0.2) is 9.50 Å². The fraction of sp³-hybridized carbons (Fsp3) is 0.324. The molecule has 11 nitrogen and oxygen atoms in total. The first kappa shape index (κ1) is 28.6. The van der Waals surface area contributed by atoms with Crippen LogP contribution in [0, 0.1) is 0 Å². The van der Waals surface area contributed by atoms with Gasteiger partial charge in [-0.3, -0.25) is 14.7 Å². The van der Waals surface area contributed by atoms with E-state index in [1.165, 1.54) is 11.1 Å². The van der Waals surface area contributed by atoms with Crippen molar-refractivity contribution in [3.63, 3.8) is 0 Å². The summed E-state index contributed by atoms with van der Waals surface area (Å²) in [7, 11) is 0. The van der Waals surface area contributed by atoms with E-state index in [-0.39, 0.29) is 11.6 Å². The number of piperazine rings is 1. The van der Waals surface area contributed by atoms with E-state index in [0.717, 1.165) is 47.0 Å². The summed E-state index contributed by atoms with van der Waals surface area (Å²) in [6.07, 6.45) is 3.61. The number of anilines is 2. The van der Waals surface area contributed by atoms with Crippen LogP contribution in [-0.4, -0.2) is 67.7 Å². The summed E-state index contributed by atoms with van der Waals surface area (Å²) in [4.78, 5) is 36.6. The Hall–Kier alpha value is -5.19. The van der Waals surface area contributed by atoms with Crippen molar-refractivity contribution in [3.05, 3.63) is 83.3 Å². The monoisotopic (exact) mass is 603 g/mol. The number of hydrogen-bond donors (Lipinski definition) is 2. The molecule has 0 unspecified atom stereocenters. The summed E-state index contributed by atoms with van der Waals surface area (Å²) in [5.41, 5.74) is 14.0. The number of rotatable bonds is 5. The number of hydrogen-bond acceptors (Lipinski definition) is 7. The minimum Gasteiger partial charge on any atom is -0.368 e. The van der Waals surface area contributed by atoms with Crippen LogP contribution in [0.25, 0.3) is 28.0 Å². The number of primary amides is 1. The van der Waals surface area contributed by atoms with Gasteiger partial charge in [0.2, 0.25) is 5.91 Å². The third kappa shape index (κ3) is 4.98. The Labute approximate surface area is 261 Å². The minimum absolute atomic E-state index is 0.105. The van der Waals surface area contributed by atoms with Crippen molar-refractivity contribution < 1.29 is 9.59 Å². The van der Waals surface area contributed by atoms with Gasteiger partial charge in [0, 0.05) is 69.2 Å². The molecule has 0 aliphatic carbocycles. The van der Waals surface area contributed by atoms with E-state index in [9.17, 15) is 9.59 Å². The molecule has 2 aromatic carbocycles. The number of aromatic nitrogens is 5. The average Bonchev–Trinajstić information content (AvgIpc) is 3.78. The maximum atomic E-state index is 12.8. The average molecular weight is 604 g/mol. The number of H-pyrrole nitrogens is 1. The summed E-state index contributed by atoms with van der Waals surface area (Å²) >= 11 is 0. The lowest BCUT2D eigenvalue weighted by molar-refractivity contribution is -0.129. The van der Waals surface area contributed by atoms with Crippen molar-refractivity contribution in [3.8, 4) is 22.4 Å². The first-order valence-corrected chi connectivity index (χ1v) is 15.3. The van der Waals surface area contributed by atoms with Gasteiger partial charge in [0.15, 0.2) is 11.3 Å². The van der Waals surface area contributed by atoms with Crippen molar-refractivity contribution in [2.75, 3.05) is 36.0 Å². The third-order valence-corrected chi connectivity index (χ3v) is 8.87. The predicted molar refractivity (Wildman–Crippen MR) is 174 cm³/mol. The molecule has 3 aromatic heterocycles. The van der Waals surface area contributed by atoms with Crippen LogP contribution in [0.2, 0.25) is 0 Å². The molecule has 5 heterocycles. The fourth-order valence-corrected chi connectivity index (χ4v) is 6.66. The molecule has 0 radical (unpaired) electrons. The van der Waals surface area contributed by atoms with Crippen molar-refractivity contribution >= 4 is 29.0 Å². The molecule has 2 amide bonds. The van der Waals surface area contributed by atoms with Crippen molar-refractivity contribution in [2.24, 2.45) is 5.73 Å². The standard InChI is InChI=1S/C34H37N9O2/c1-21(44)40-12-14-41(15-13-40)26-11-7-10-22(16-26)27-30(25-17-36-37-18-25)43-33(28(34(2,3)4)29(39-43)31(35)45)38-32(27)42-19-23-8-5-6-9-24(23)20-42/h5-11,16-18H,12-15,19-20H2,1-4H3,(H2,35,45)(H,36,37). The zero-order chi connectivity index (χ0) is 31.5. The van der Waals surface area contributed by atoms with Gasteiger partial charge in [-0.1, -0.05) is 57.2 Å². The Morgan fingerprint density at radius 3 is 2.22 bits per heavy atom. The summed E-state index contributed by atoms with van der Waals surface area (Å²) in [6.45, 7) is 12.0. The summed E-state index contributed by atoms with van der Waals surface area (Å²) in [6, 6.07) is 16.9. The third-order valence-electron chi connectivity index (χ3n) is 8.87. The Kier molecular flexibility index (Phi) is 6.83. The maximum absolute atomic E-state index is 12.8. The normalized spacial score (nSPS) is 15.2. The first-order valence-electron chi connectivity index (χ1n) is 15.3. The molecule has 0 bridgehead atoms. The second-order valence-electron chi connectivity index (χ2n) is 12.9. The quantitative estimate of drug-likeness (QED) is 0.305. The highest BCUT2D eigenvalue weighted by Crippen LogP contribution is 2.44. The predicted octanol–water partition coefficient (Wildman–Crippen LogP) is 4.37. The number of benzene rings is 2. The lowest BCUT2D eigenvalue weighted by Gasteiger charge is -2.36. The molecular formula is C34H37N9O2. The van der Waals surface area contributed by atoms with Crippen LogP contribution >= 0.6 is 0 Å². The maximum Gasteiger partial charge on any atom is 0.269 e. The zero-order valence-electron chi connectivity index (χ0n) is 26.0. The van der Waals surface area contributed by atoms with Crippen LogP contribution < -0.4 is 15.5 Å². The van der Waals surface area contributed by atoms with Gasteiger partial charge in [0.05, 0.1) is 17.5 Å². The number of nitrogens with zero attached hydrogens (tertiary/aromatic N) is 7. The van der Waals surface area contributed by atoms with E-state index in [2.05, 4.69) is 68.5 Å². The lowest BCUT2D eigenvalue weighted by Crippen LogP contribution is -2.48. The van der Waals surface area contributed by atoms with Gasteiger partial charge < -0.3 is 20.4 Å². The molecule has 2 aliphatic heterocycles. The molecule has 11 heteroatoms. The Balaban J connectivity index is 1.49. The minimum atomic E-state index is -0.591. The number of fused-ring (bicyclic) bond motifs is 2. The molecule has 1 saturated heterocycles. The largest absolute Gasteiger partial charge is 0.368 e. The second kappa shape index (κ2) is 10.8. The summed E-state index contributed by atoms with van der Waals surface area (Å²) in [5, 5.41) is 12.1. The van der Waals surface area contributed by atoms with E-state index in [0.29, 0.717) is 37.4 Å². The Morgan fingerprint density at radius 1 is 0.911 bits per heavy atom. The highest BCUT2D eigenvalue weighted by Gasteiger charge is 2.34. The van der Waals surface area contributed by atoms with E-state index in [4.69, 9.17) is 15.8 Å². The van der Waals surface area contributed by atoms with Crippen molar-refractivity contribution in [1.29, 1.82) is 0 Å². The number of aromatic amines is 1.